The van der Waals surface area contributed by atoms with Gasteiger partial charge in [-0.25, -0.2) is 9.69 Å². The van der Waals surface area contributed by atoms with Crippen molar-refractivity contribution >= 4 is 45.5 Å². The smallest absolute Gasteiger partial charge is 0.335 e. The number of hydrogen-bond donors (Lipinski definition) is 1. The second-order valence-corrected chi connectivity index (χ2v) is 8.66. The summed E-state index contributed by atoms with van der Waals surface area (Å²) < 4.78 is 12.7. The second kappa shape index (κ2) is 10.6. The number of carbonyl (C=O) groups is 3. The van der Waals surface area contributed by atoms with Crippen molar-refractivity contribution in [1.29, 1.82) is 0 Å². The Morgan fingerprint density at radius 2 is 1.69 bits per heavy atom. The molecule has 0 bridgehead atoms. The molecule has 0 aliphatic carbocycles. The summed E-state index contributed by atoms with van der Waals surface area (Å²) >= 11 is 3.33. The van der Waals surface area contributed by atoms with Crippen LogP contribution in [0.25, 0.3) is 6.08 Å². The Bertz CT molecular complexity index is 1290. The highest BCUT2D eigenvalue weighted by atomic mass is 79.9. The van der Waals surface area contributed by atoms with Crippen LogP contribution >= 0.6 is 15.9 Å². The lowest BCUT2D eigenvalue weighted by Crippen LogP contribution is -2.54. The molecule has 1 unspecified atom stereocenters. The summed E-state index contributed by atoms with van der Waals surface area (Å²) in [7, 11) is 0. The van der Waals surface area contributed by atoms with Crippen LogP contribution in [0.2, 0.25) is 0 Å². The van der Waals surface area contributed by atoms with Gasteiger partial charge in [-0.05, 0) is 67.4 Å². The molecule has 1 fully saturated rings. The summed E-state index contributed by atoms with van der Waals surface area (Å²) in [5, 5.41) is 2.23. The molecule has 35 heavy (non-hydrogen) atoms. The number of halogens is 1. The minimum Gasteiger partial charge on any atom is -0.490 e. The van der Waals surface area contributed by atoms with Gasteiger partial charge in [0.25, 0.3) is 11.8 Å². The Morgan fingerprint density at radius 3 is 2.37 bits per heavy atom. The Balaban J connectivity index is 1.63. The van der Waals surface area contributed by atoms with Gasteiger partial charge in [-0.3, -0.25) is 14.9 Å². The molecule has 4 rings (SSSR count). The quantitative estimate of drug-likeness (QED) is 0.312. The van der Waals surface area contributed by atoms with E-state index in [0.717, 1.165) is 14.9 Å². The predicted molar refractivity (Wildman–Crippen MR) is 136 cm³/mol. The number of carbonyl (C=O) groups excluding carboxylic acids is 3. The lowest BCUT2D eigenvalue weighted by atomic mass is 10.1. The van der Waals surface area contributed by atoms with Crippen molar-refractivity contribution in [3.63, 3.8) is 0 Å². The van der Waals surface area contributed by atoms with Gasteiger partial charge < -0.3 is 9.47 Å². The number of barbiturate groups is 1. The van der Waals surface area contributed by atoms with Gasteiger partial charge in [0.15, 0.2) is 11.5 Å². The van der Waals surface area contributed by atoms with Crippen molar-refractivity contribution in [2.45, 2.75) is 20.0 Å². The van der Waals surface area contributed by atoms with Gasteiger partial charge in [0.2, 0.25) is 0 Å². The van der Waals surface area contributed by atoms with E-state index in [9.17, 15) is 14.4 Å². The third-order valence-electron chi connectivity index (χ3n) is 5.34. The van der Waals surface area contributed by atoms with E-state index in [0.29, 0.717) is 29.4 Å². The van der Waals surface area contributed by atoms with E-state index in [-0.39, 0.29) is 11.7 Å². The van der Waals surface area contributed by atoms with E-state index >= 15 is 0 Å². The summed E-state index contributed by atoms with van der Waals surface area (Å²) in [6, 6.07) is 20.8. The van der Waals surface area contributed by atoms with Crippen molar-refractivity contribution in [2.24, 2.45) is 0 Å². The lowest BCUT2D eigenvalue weighted by Gasteiger charge is -2.26. The summed E-state index contributed by atoms with van der Waals surface area (Å²) in [5.74, 6) is -0.452. The second-order valence-electron chi connectivity index (χ2n) is 7.74. The third-order valence-corrected chi connectivity index (χ3v) is 5.87. The molecule has 1 heterocycles. The molecule has 7 nitrogen and oxygen atoms in total. The minimum atomic E-state index is -0.798. The molecule has 1 aliphatic rings. The molecular weight excluding hydrogens is 512 g/mol. The SMILES string of the molecule is CCOc1cc(C=C2C(=O)NC(=O)N(c3ccc(Br)cc3)C2=O)ccc1OC(C)c1ccccc1. The van der Waals surface area contributed by atoms with Gasteiger partial charge in [0.1, 0.15) is 11.7 Å². The number of nitrogens with zero attached hydrogens (tertiary/aromatic N) is 1. The van der Waals surface area contributed by atoms with Crippen molar-refractivity contribution in [3.05, 3.63) is 94.0 Å². The summed E-state index contributed by atoms with van der Waals surface area (Å²) in [4.78, 5) is 39.0. The molecule has 1 atom stereocenters. The number of urea groups is 1. The molecule has 1 saturated heterocycles. The Morgan fingerprint density at radius 1 is 0.971 bits per heavy atom. The topological polar surface area (TPSA) is 84.9 Å². The fraction of sp³-hybridized carbons (Fsp3) is 0.148. The molecule has 0 aromatic heterocycles. The molecule has 8 heteroatoms. The number of rotatable bonds is 7. The van der Waals surface area contributed by atoms with E-state index in [1.54, 1.807) is 42.5 Å². The molecule has 4 amide bonds. The molecule has 1 N–H and O–H groups in total. The molecule has 0 saturated carbocycles. The highest BCUT2D eigenvalue weighted by molar-refractivity contribution is 9.10. The van der Waals surface area contributed by atoms with Crippen molar-refractivity contribution in [3.8, 4) is 11.5 Å². The van der Waals surface area contributed by atoms with E-state index in [2.05, 4.69) is 21.2 Å². The zero-order valence-corrected chi connectivity index (χ0v) is 20.7. The zero-order valence-electron chi connectivity index (χ0n) is 19.2. The number of ether oxygens (including phenoxy) is 2. The van der Waals surface area contributed by atoms with Gasteiger partial charge >= 0.3 is 6.03 Å². The first-order chi connectivity index (χ1) is 16.9. The molecular formula is C27H23BrN2O5. The summed E-state index contributed by atoms with van der Waals surface area (Å²) in [6.07, 6.45) is 1.22. The number of amides is 4. The third kappa shape index (κ3) is 5.44. The molecule has 0 radical (unpaired) electrons. The molecule has 178 valence electrons. The number of imide groups is 2. The lowest BCUT2D eigenvalue weighted by molar-refractivity contribution is -0.122. The predicted octanol–water partition coefficient (Wildman–Crippen LogP) is 5.65. The van der Waals surface area contributed by atoms with Gasteiger partial charge in [0, 0.05) is 4.47 Å². The number of benzene rings is 3. The van der Waals surface area contributed by atoms with Crippen LogP contribution in [0.4, 0.5) is 10.5 Å². The van der Waals surface area contributed by atoms with E-state index < -0.39 is 17.8 Å². The summed E-state index contributed by atoms with van der Waals surface area (Å²) in [5.41, 5.74) is 1.75. The zero-order chi connectivity index (χ0) is 24.9. The van der Waals surface area contributed by atoms with Crippen LogP contribution < -0.4 is 19.7 Å². The van der Waals surface area contributed by atoms with Crippen LogP contribution in [-0.4, -0.2) is 24.5 Å². The Labute approximate surface area is 211 Å². The number of hydrogen-bond acceptors (Lipinski definition) is 5. The van der Waals surface area contributed by atoms with E-state index in [4.69, 9.17) is 9.47 Å². The van der Waals surface area contributed by atoms with Crippen LogP contribution in [0.3, 0.4) is 0 Å². The highest BCUT2D eigenvalue weighted by Crippen LogP contribution is 2.33. The highest BCUT2D eigenvalue weighted by Gasteiger charge is 2.36. The summed E-state index contributed by atoms with van der Waals surface area (Å²) in [6.45, 7) is 4.20. The van der Waals surface area contributed by atoms with Crippen LogP contribution in [0.1, 0.15) is 31.1 Å². The molecule has 3 aromatic carbocycles. The van der Waals surface area contributed by atoms with Crippen LogP contribution in [0.15, 0.2) is 82.8 Å². The first kappa shape index (κ1) is 24.2. The van der Waals surface area contributed by atoms with Gasteiger partial charge in [-0.1, -0.05) is 52.3 Å². The van der Waals surface area contributed by atoms with E-state index in [1.807, 2.05) is 44.2 Å². The van der Waals surface area contributed by atoms with Crippen molar-refractivity contribution in [1.82, 2.24) is 5.32 Å². The monoisotopic (exact) mass is 534 g/mol. The molecule has 0 spiro atoms. The average molecular weight is 535 g/mol. The minimum absolute atomic E-state index is 0.165. The standard InChI is InChI=1S/C27H23BrN2O5/c1-3-34-24-16-18(9-14-23(24)35-17(2)19-7-5-4-6-8-19)15-22-25(31)29-27(33)30(26(22)32)21-12-10-20(28)11-13-21/h4-17H,3H2,1-2H3,(H,29,31,33). The van der Waals surface area contributed by atoms with Gasteiger partial charge in [0.05, 0.1) is 12.3 Å². The van der Waals surface area contributed by atoms with Gasteiger partial charge in [-0.15, -0.1) is 0 Å². The fourth-order valence-corrected chi connectivity index (χ4v) is 3.88. The Hall–Kier alpha value is -3.91. The maximum atomic E-state index is 13.1. The fourth-order valence-electron chi connectivity index (χ4n) is 3.61. The first-order valence-electron chi connectivity index (χ1n) is 11.0. The Kier molecular flexibility index (Phi) is 7.31. The molecule has 1 aliphatic heterocycles. The maximum Gasteiger partial charge on any atom is 0.335 e. The number of nitrogens with one attached hydrogen (secondary N) is 1. The van der Waals surface area contributed by atoms with Crippen molar-refractivity contribution < 1.29 is 23.9 Å². The van der Waals surface area contributed by atoms with Crippen LogP contribution in [0, 0.1) is 0 Å². The van der Waals surface area contributed by atoms with Crippen LogP contribution in [0.5, 0.6) is 11.5 Å². The first-order valence-corrected chi connectivity index (χ1v) is 11.8. The van der Waals surface area contributed by atoms with Gasteiger partial charge in [-0.2, -0.15) is 0 Å². The average Bonchev–Trinajstić information content (AvgIpc) is 2.85. The van der Waals surface area contributed by atoms with E-state index in [1.165, 1.54) is 6.08 Å². The van der Waals surface area contributed by atoms with Crippen molar-refractivity contribution in [2.75, 3.05) is 11.5 Å². The maximum absolute atomic E-state index is 13.1. The van der Waals surface area contributed by atoms with Crippen LogP contribution in [-0.2, 0) is 9.59 Å². The normalized spacial score (nSPS) is 15.7. The molecule has 3 aromatic rings. The largest absolute Gasteiger partial charge is 0.490 e. The number of anilines is 1.